The molecule has 0 fully saturated rings. The van der Waals surface area contributed by atoms with Crippen molar-refractivity contribution in [1.82, 2.24) is 20.1 Å². The van der Waals surface area contributed by atoms with Crippen molar-refractivity contribution < 1.29 is 4.74 Å². The van der Waals surface area contributed by atoms with Crippen molar-refractivity contribution in [2.24, 2.45) is 0 Å². The summed E-state index contributed by atoms with van der Waals surface area (Å²) in [6.07, 6.45) is 2.58. The quantitative estimate of drug-likeness (QED) is 0.851. The van der Waals surface area contributed by atoms with Crippen LogP contribution in [0.3, 0.4) is 0 Å². The van der Waals surface area contributed by atoms with Gasteiger partial charge in [-0.1, -0.05) is 12.1 Å². The van der Waals surface area contributed by atoms with Crippen LogP contribution in [0.1, 0.15) is 38.2 Å². The lowest BCUT2D eigenvalue weighted by Gasteiger charge is -2.12. The molecule has 0 aliphatic rings. The molecule has 5 heteroatoms. The van der Waals surface area contributed by atoms with Gasteiger partial charge in [-0.05, 0) is 51.9 Å². The van der Waals surface area contributed by atoms with Crippen LogP contribution in [-0.4, -0.2) is 27.9 Å². The third-order valence-corrected chi connectivity index (χ3v) is 3.46. The molecule has 1 atom stereocenters. The van der Waals surface area contributed by atoms with Gasteiger partial charge < -0.3 is 10.1 Å². The molecule has 114 valence electrons. The SMILES string of the molecule is CNC(C)Cc1ccc(OCc2ncnn2C(C)C)cc1. The van der Waals surface area contributed by atoms with E-state index in [4.69, 9.17) is 4.74 Å². The van der Waals surface area contributed by atoms with E-state index in [2.05, 4.69) is 48.3 Å². The summed E-state index contributed by atoms with van der Waals surface area (Å²) in [5, 5.41) is 7.44. The van der Waals surface area contributed by atoms with E-state index in [1.165, 1.54) is 5.56 Å². The molecule has 2 rings (SSSR count). The van der Waals surface area contributed by atoms with Gasteiger partial charge in [0.2, 0.25) is 0 Å². The Morgan fingerprint density at radius 1 is 1.19 bits per heavy atom. The van der Waals surface area contributed by atoms with E-state index in [-0.39, 0.29) is 6.04 Å². The van der Waals surface area contributed by atoms with Gasteiger partial charge in [0.05, 0.1) is 0 Å². The summed E-state index contributed by atoms with van der Waals surface area (Å²) in [6, 6.07) is 8.99. The van der Waals surface area contributed by atoms with Crippen molar-refractivity contribution in [2.45, 2.75) is 45.9 Å². The van der Waals surface area contributed by atoms with Crippen molar-refractivity contribution >= 4 is 0 Å². The number of nitrogens with one attached hydrogen (secondary N) is 1. The molecule has 21 heavy (non-hydrogen) atoms. The normalized spacial score (nSPS) is 12.6. The summed E-state index contributed by atoms with van der Waals surface area (Å²) in [4.78, 5) is 4.24. The van der Waals surface area contributed by atoms with Crippen molar-refractivity contribution in [3.63, 3.8) is 0 Å². The van der Waals surface area contributed by atoms with Gasteiger partial charge in [0.1, 0.15) is 18.7 Å². The smallest absolute Gasteiger partial charge is 0.165 e. The van der Waals surface area contributed by atoms with Gasteiger partial charge in [-0.2, -0.15) is 5.10 Å². The van der Waals surface area contributed by atoms with E-state index in [1.807, 2.05) is 23.9 Å². The highest BCUT2D eigenvalue weighted by atomic mass is 16.5. The number of benzene rings is 1. The number of likely N-dealkylation sites (N-methyl/N-ethyl adjacent to an activating group) is 1. The van der Waals surface area contributed by atoms with E-state index in [0.29, 0.717) is 12.6 Å². The molecule has 0 radical (unpaired) electrons. The minimum atomic E-state index is 0.288. The molecule has 1 aromatic heterocycles. The van der Waals surface area contributed by atoms with E-state index in [9.17, 15) is 0 Å². The highest BCUT2D eigenvalue weighted by Crippen LogP contribution is 2.15. The van der Waals surface area contributed by atoms with Gasteiger partial charge >= 0.3 is 0 Å². The lowest BCUT2D eigenvalue weighted by atomic mass is 10.1. The predicted octanol–water partition coefficient (Wildman–Crippen LogP) is 2.59. The third kappa shape index (κ3) is 4.29. The van der Waals surface area contributed by atoms with Crippen LogP contribution in [0.4, 0.5) is 0 Å². The van der Waals surface area contributed by atoms with Crippen LogP contribution < -0.4 is 10.1 Å². The largest absolute Gasteiger partial charge is 0.486 e. The van der Waals surface area contributed by atoms with Crippen LogP contribution in [-0.2, 0) is 13.0 Å². The second kappa shape index (κ2) is 7.22. The van der Waals surface area contributed by atoms with Crippen LogP contribution in [0.25, 0.3) is 0 Å². The number of hydrogen-bond acceptors (Lipinski definition) is 4. The molecule has 0 amide bonds. The summed E-state index contributed by atoms with van der Waals surface area (Å²) in [5.74, 6) is 1.70. The zero-order valence-electron chi connectivity index (χ0n) is 13.2. The molecule has 1 unspecified atom stereocenters. The summed E-state index contributed by atoms with van der Waals surface area (Å²) in [7, 11) is 1.98. The van der Waals surface area contributed by atoms with Crippen molar-refractivity contribution in [3.05, 3.63) is 42.0 Å². The second-order valence-corrected chi connectivity index (χ2v) is 5.54. The summed E-state index contributed by atoms with van der Waals surface area (Å²) in [6.45, 7) is 6.76. The average Bonchev–Trinajstić information content (AvgIpc) is 2.95. The number of nitrogens with zero attached hydrogens (tertiary/aromatic N) is 3. The van der Waals surface area contributed by atoms with Crippen LogP contribution in [0.15, 0.2) is 30.6 Å². The maximum Gasteiger partial charge on any atom is 0.165 e. The molecule has 1 N–H and O–H groups in total. The highest BCUT2D eigenvalue weighted by molar-refractivity contribution is 5.27. The molecular formula is C16H24N4O. The molecule has 1 aromatic carbocycles. The van der Waals surface area contributed by atoms with Crippen LogP contribution in [0, 0.1) is 0 Å². The highest BCUT2D eigenvalue weighted by Gasteiger charge is 2.08. The Bertz CT molecular complexity index is 548. The predicted molar refractivity (Wildman–Crippen MR) is 83.4 cm³/mol. The Kier molecular flexibility index (Phi) is 5.33. The molecule has 0 saturated carbocycles. The summed E-state index contributed by atoms with van der Waals surface area (Å²) >= 11 is 0. The average molecular weight is 288 g/mol. The lowest BCUT2D eigenvalue weighted by Crippen LogP contribution is -2.23. The maximum absolute atomic E-state index is 5.79. The zero-order valence-corrected chi connectivity index (χ0v) is 13.2. The lowest BCUT2D eigenvalue weighted by molar-refractivity contribution is 0.282. The Labute approximate surface area is 126 Å². The molecule has 2 aromatic rings. The van der Waals surface area contributed by atoms with E-state index < -0.39 is 0 Å². The summed E-state index contributed by atoms with van der Waals surface area (Å²) in [5.41, 5.74) is 1.30. The van der Waals surface area contributed by atoms with Crippen LogP contribution in [0.5, 0.6) is 5.75 Å². The Balaban J connectivity index is 1.93. The Morgan fingerprint density at radius 3 is 2.52 bits per heavy atom. The van der Waals surface area contributed by atoms with Gasteiger partial charge in [0.15, 0.2) is 5.82 Å². The topological polar surface area (TPSA) is 52.0 Å². The van der Waals surface area contributed by atoms with Crippen molar-refractivity contribution in [3.8, 4) is 5.75 Å². The van der Waals surface area contributed by atoms with Crippen molar-refractivity contribution in [2.75, 3.05) is 7.05 Å². The first-order chi connectivity index (χ1) is 10.1. The fourth-order valence-corrected chi connectivity index (χ4v) is 2.13. The fraction of sp³-hybridized carbons (Fsp3) is 0.500. The minimum absolute atomic E-state index is 0.288. The first kappa shape index (κ1) is 15.5. The Morgan fingerprint density at radius 2 is 1.90 bits per heavy atom. The van der Waals surface area contributed by atoms with Gasteiger partial charge in [0, 0.05) is 12.1 Å². The monoisotopic (exact) mass is 288 g/mol. The standard InChI is InChI=1S/C16H24N4O/c1-12(2)20-16(18-11-19-20)10-21-15-7-5-14(6-8-15)9-13(3)17-4/h5-8,11-13,17H,9-10H2,1-4H3. The number of ether oxygens (including phenoxy) is 1. The first-order valence-corrected chi connectivity index (χ1v) is 7.37. The number of hydrogen-bond donors (Lipinski definition) is 1. The van der Waals surface area contributed by atoms with Gasteiger partial charge in [-0.25, -0.2) is 9.67 Å². The van der Waals surface area contributed by atoms with E-state index >= 15 is 0 Å². The second-order valence-electron chi connectivity index (χ2n) is 5.54. The number of rotatable bonds is 7. The zero-order chi connectivity index (χ0) is 15.2. The van der Waals surface area contributed by atoms with Crippen molar-refractivity contribution in [1.29, 1.82) is 0 Å². The molecule has 0 aliphatic heterocycles. The van der Waals surface area contributed by atoms with E-state index in [0.717, 1.165) is 18.0 Å². The van der Waals surface area contributed by atoms with Gasteiger partial charge in [-0.15, -0.1) is 0 Å². The maximum atomic E-state index is 5.79. The fourth-order valence-electron chi connectivity index (χ4n) is 2.13. The van der Waals surface area contributed by atoms with Crippen LogP contribution >= 0.6 is 0 Å². The van der Waals surface area contributed by atoms with Crippen LogP contribution in [0.2, 0.25) is 0 Å². The minimum Gasteiger partial charge on any atom is -0.486 e. The molecule has 0 aliphatic carbocycles. The van der Waals surface area contributed by atoms with Gasteiger partial charge in [-0.3, -0.25) is 0 Å². The molecule has 5 nitrogen and oxygen atoms in total. The molecule has 0 saturated heterocycles. The van der Waals surface area contributed by atoms with E-state index in [1.54, 1.807) is 6.33 Å². The molecule has 1 heterocycles. The number of aromatic nitrogens is 3. The molecule has 0 spiro atoms. The summed E-state index contributed by atoms with van der Waals surface area (Å²) < 4.78 is 7.67. The first-order valence-electron chi connectivity index (χ1n) is 7.37. The molecular weight excluding hydrogens is 264 g/mol. The molecule has 0 bridgehead atoms. The Hall–Kier alpha value is -1.88. The third-order valence-electron chi connectivity index (χ3n) is 3.46. The van der Waals surface area contributed by atoms with Gasteiger partial charge in [0.25, 0.3) is 0 Å².